The van der Waals surface area contributed by atoms with Crippen LogP contribution in [0, 0.1) is 0 Å². The van der Waals surface area contributed by atoms with Crippen LogP contribution in [0.1, 0.15) is 27.6 Å². The van der Waals surface area contributed by atoms with Crippen molar-refractivity contribution < 1.29 is 14.3 Å². The highest BCUT2D eigenvalue weighted by atomic mass is 32.1. The van der Waals surface area contributed by atoms with E-state index in [9.17, 15) is 9.59 Å². The Balaban J connectivity index is 1.62. The molecule has 2 aromatic rings. The fourth-order valence-electron chi connectivity index (χ4n) is 3.19. The van der Waals surface area contributed by atoms with E-state index in [1.807, 2.05) is 18.9 Å². The molecule has 0 atom stereocenters. The molecule has 2 aromatic carbocycles. The highest BCUT2D eigenvalue weighted by molar-refractivity contribution is 7.80. The van der Waals surface area contributed by atoms with Crippen LogP contribution in [0.2, 0.25) is 0 Å². The third kappa shape index (κ3) is 5.55. The Kier molecular flexibility index (Phi) is 7.37. The van der Waals surface area contributed by atoms with Gasteiger partial charge in [-0.3, -0.25) is 14.9 Å². The first-order valence-corrected chi connectivity index (χ1v) is 10.3. The minimum atomic E-state index is -0.360. The van der Waals surface area contributed by atoms with Crippen molar-refractivity contribution in [3.05, 3.63) is 59.7 Å². The van der Waals surface area contributed by atoms with Gasteiger partial charge < -0.3 is 19.9 Å². The lowest BCUT2D eigenvalue weighted by molar-refractivity contribution is 0.0664. The van der Waals surface area contributed by atoms with Gasteiger partial charge in [0.1, 0.15) is 5.75 Å². The fourth-order valence-corrected chi connectivity index (χ4v) is 3.40. The summed E-state index contributed by atoms with van der Waals surface area (Å²) in [6, 6.07) is 14.1. The maximum atomic E-state index is 12.8. The number of piperazine rings is 1. The van der Waals surface area contributed by atoms with Gasteiger partial charge in [-0.25, -0.2) is 0 Å². The summed E-state index contributed by atoms with van der Waals surface area (Å²) in [7, 11) is 2.05. The molecule has 0 aliphatic carbocycles. The lowest BCUT2D eigenvalue weighted by Crippen LogP contribution is -2.47. The molecule has 1 aliphatic rings. The predicted molar refractivity (Wildman–Crippen MR) is 121 cm³/mol. The summed E-state index contributed by atoms with van der Waals surface area (Å²) in [6.07, 6.45) is 0. The van der Waals surface area contributed by atoms with Crippen molar-refractivity contribution in [2.75, 3.05) is 45.2 Å². The van der Waals surface area contributed by atoms with Crippen LogP contribution in [0.3, 0.4) is 0 Å². The van der Waals surface area contributed by atoms with Gasteiger partial charge in [-0.2, -0.15) is 0 Å². The van der Waals surface area contributed by atoms with Gasteiger partial charge in [0.25, 0.3) is 11.8 Å². The van der Waals surface area contributed by atoms with Crippen molar-refractivity contribution in [1.82, 2.24) is 15.1 Å². The normalized spacial score (nSPS) is 14.1. The van der Waals surface area contributed by atoms with E-state index in [-0.39, 0.29) is 16.9 Å². The Morgan fingerprint density at radius 2 is 1.80 bits per heavy atom. The number of para-hydroxylation sites is 1. The molecular weight excluding hydrogens is 400 g/mol. The van der Waals surface area contributed by atoms with Crippen molar-refractivity contribution >= 4 is 34.8 Å². The largest absolute Gasteiger partial charge is 0.493 e. The minimum Gasteiger partial charge on any atom is -0.493 e. The number of ether oxygens (including phenoxy) is 1. The van der Waals surface area contributed by atoms with Gasteiger partial charge >= 0.3 is 0 Å². The zero-order chi connectivity index (χ0) is 21.5. The maximum absolute atomic E-state index is 12.8. The van der Waals surface area contributed by atoms with E-state index in [1.54, 1.807) is 48.5 Å². The lowest BCUT2D eigenvalue weighted by Gasteiger charge is -2.32. The summed E-state index contributed by atoms with van der Waals surface area (Å²) in [5.41, 5.74) is 1.63. The first-order valence-electron chi connectivity index (χ1n) is 9.90. The Hall–Kier alpha value is -2.97. The van der Waals surface area contributed by atoms with E-state index in [0.717, 1.165) is 13.1 Å². The Morgan fingerprint density at radius 3 is 2.53 bits per heavy atom. The van der Waals surface area contributed by atoms with E-state index < -0.39 is 0 Å². The molecule has 0 spiro atoms. The molecule has 0 bridgehead atoms. The molecule has 0 radical (unpaired) electrons. The third-order valence-corrected chi connectivity index (χ3v) is 5.02. The van der Waals surface area contributed by atoms with Gasteiger partial charge in [-0.15, -0.1) is 0 Å². The zero-order valence-electron chi connectivity index (χ0n) is 17.2. The van der Waals surface area contributed by atoms with Crippen molar-refractivity contribution in [1.29, 1.82) is 0 Å². The number of benzene rings is 2. The van der Waals surface area contributed by atoms with Gasteiger partial charge in [0.2, 0.25) is 0 Å². The molecule has 3 rings (SSSR count). The number of rotatable bonds is 5. The molecule has 30 heavy (non-hydrogen) atoms. The smallest absolute Gasteiger partial charge is 0.261 e. The van der Waals surface area contributed by atoms with Crippen LogP contribution in [-0.4, -0.2) is 66.6 Å². The number of amides is 2. The molecule has 0 saturated carbocycles. The van der Waals surface area contributed by atoms with Crippen molar-refractivity contribution in [3.63, 3.8) is 0 Å². The van der Waals surface area contributed by atoms with E-state index in [4.69, 9.17) is 17.0 Å². The minimum absolute atomic E-state index is 0.00709. The first-order chi connectivity index (χ1) is 14.5. The molecule has 8 heteroatoms. The quantitative estimate of drug-likeness (QED) is 0.716. The molecule has 1 aliphatic heterocycles. The second-order valence-corrected chi connectivity index (χ2v) is 7.42. The Bertz CT molecular complexity index is 926. The number of hydrogen-bond acceptors (Lipinski definition) is 5. The summed E-state index contributed by atoms with van der Waals surface area (Å²) >= 11 is 5.28. The molecule has 1 saturated heterocycles. The highest BCUT2D eigenvalue weighted by Gasteiger charge is 2.20. The summed E-state index contributed by atoms with van der Waals surface area (Å²) in [4.78, 5) is 29.4. The summed E-state index contributed by atoms with van der Waals surface area (Å²) in [5, 5.41) is 5.79. The standard InChI is InChI=1S/C22H26N4O3S/c1-3-29-19-10-5-4-9-18(19)20(27)24-22(30)23-17-8-6-7-16(15-17)21(28)26-13-11-25(2)12-14-26/h4-10,15H,3,11-14H2,1-2H3,(H2,23,24,27,30). The van der Waals surface area contributed by atoms with Crippen LogP contribution in [0.5, 0.6) is 5.75 Å². The number of nitrogens with one attached hydrogen (secondary N) is 2. The number of carbonyl (C=O) groups excluding carboxylic acids is 2. The average molecular weight is 427 g/mol. The molecule has 1 heterocycles. The van der Waals surface area contributed by atoms with Gasteiger partial charge in [-0.1, -0.05) is 18.2 Å². The monoisotopic (exact) mass is 426 g/mol. The average Bonchev–Trinajstić information content (AvgIpc) is 2.74. The molecule has 158 valence electrons. The lowest BCUT2D eigenvalue weighted by atomic mass is 10.1. The summed E-state index contributed by atoms with van der Waals surface area (Å²) < 4.78 is 5.49. The number of carbonyl (C=O) groups is 2. The van der Waals surface area contributed by atoms with Gasteiger partial charge in [0.15, 0.2) is 5.11 Å². The number of nitrogens with zero attached hydrogens (tertiary/aromatic N) is 2. The second kappa shape index (κ2) is 10.2. The maximum Gasteiger partial charge on any atom is 0.261 e. The zero-order valence-corrected chi connectivity index (χ0v) is 18.0. The van der Waals surface area contributed by atoms with Gasteiger partial charge in [-0.05, 0) is 56.5 Å². The van der Waals surface area contributed by atoms with E-state index in [1.165, 1.54) is 0 Å². The second-order valence-electron chi connectivity index (χ2n) is 7.01. The van der Waals surface area contributed by atoms with E-state index >= 15 is 0 Å². The Labute approximate surface area is 182 Å². The molecule has 2 amide bonds. The van der Waals surface area contributed by atoms with Crippen molar-refractivity contribution in [2.45, 2.75) is 6.92 Å². The molecule has 0 unspecified atom stereocenters. The van der Waals surface area contributed by atoms with Crippen LogP contribution < -0.4 is 15.4 Å². The predicted octanol–water partition coefficient (Wildman–Crippen LogP) is 2.60. The van der Waals surface area contributed by atoms with E-state index in [0.29, 0.717) is 42.3 Å². The van der Waals surface area contributed by atoms with E-state index in [2.05, 4.69) is 15.5 Å². The van der Waals surface area contributed by atoms with Crippen molar-refractivity contribution in [3.8, 4) is 5.75 Å². The number of anilines is 1. The molecule has 7 nitrogen and oxygen atoms in total. The van der Waals surface area contributed by atoms with Gasteiger partial charge in [0.05, 0.1) is 12.2 Å². The number of thiocarbonyl (C=S) groups is 1. The molecular formula is C22H26N4O3S. The first kappa shape index (κ1) is 21.7. The highest BCUT2D eigenvalue weighted by Crippen LogP contribution is 2.18. The van der Waals surface area contributed by atoms with Gasteiger partial charge in [0, 0.05) is 37.4 Å². The van der Waals surface area contributed by atoms with Crippen LogP contribution in [0.15, 0.2) is 48.5 Å². The third-order valence-electron chi connectivity index (χ3n) is 4.82. The van der Waals surface area contributed by atoms with Crippen LogP contribution >= 0.6 is 12.2 Å². The van der Waals surface area contributed by atoms with Crippen LogP contribution in [0.25, 0.3) is 0 Å². The topological polar surface area (TPSA) is 73.9 Å². The van der Waals surface area contributed by atoms with Crippen LogP contribution in [0.4, 0.5) is 5.69 Å². The number of hydrogen-bond donors (Lipinski definition) is 2. The summed E-state index contributed by atoms with van der Waals surface area (Å²) in [6.45, 7) is 5.46. The summed E-state index contributed by atoms with van der Waals surface area (Å²) in [5.74, 6) is 0.133. The fraction of sp³-hybridized carbons (Fsp3) is 0.318. The Morgan fingerprint density at radius 1 is 1.07 bits per heavy atom. The molecule has 2 N–H and O–H groups in total. The SMILES string of the molecule is CCOc1ccccc1C(=O)NC(=S)Nc1cccc(C(=O)N2CCN(C)CC2)c1. The molecule has 0 aromatic heterocycles. The van der Waals surface area contributed by atoms with Crippen LogP contribution in [-0.2, 0) is 0 Å². The van der Waals surface area contributed by atoms with Crippen molar-refractivity contribution in [2.24, 2.45) is 0 Å². The molecule has 1 fully saturated rings. The number of likely N-dealkylation sites (N-methyl/N-ethyl adjacent to an activating group) is 1.